The number of hydrogen-bond acceptors (Lipinski definition) is 4. The molecule has 0 aliphatic rings. The number of ether oxygens (including phenoxy) is 1. The van der Waals surface area contributed by atoms with Gasteiger partial charge in [-0.05, 0) is 24.3 Å². The van der Waals surface area contributed by atoms with E-state index in [4.69, 9.17) is 16.3 Å². The summed E-state index contributed by atoms with van der Waals surface area (Å²) in [6.07, 6.45) is 1.31. The van der Waals surface area contributed by atoms with Crippen molar-refractivity contribution in [2.24, 2.45) is 0 Å². The Bertz CT molecular complexity index is 458. The molecular weight excluding hydrogens is 214 g/mol. The van der Waals surface area contributed by atoms with Crippen molar-refractivity contribution in [3.05, 3.63) is 35.7 Å². The van der Waals surface area contributed by atoms with Crippen LogP contribution in [0.15, 0.2) is 30.6 Å². The fourth-order valence-electron chi connectivity index (χ4n) is 1.19. The van der Waals surface area contributed by atoms with E-state index in [0.29, 0.717) is 10.8 Å². The van der Waals surface area contributed by atoms with Crippen LogP contribution in [0.5, 0.6) is 5.75 Å². The lowest BCUT2D eigenvalue weighted by Crippen LogP contribution is -1.91. The van der Waals surface area contributed by atoms with Crippen molar-refractivity contribution < 1.29 is 4.74 Å². The summed E-state index contributed by atoms with van der Waals surface area (Å²) in [5.41, 5.74) is 1.43. The highest BCUT2D eigenvalue weighted by Crippen LogP contribution is 2.24. The molecule has 0 aliphatic heterocycles. The van der Waals surface area contributed by atoms with E-state index < -0.39 is 0 Å². The highest BCUT2D eigenvalue weighted by atomic mass is 35.5. The van der Waals surface area contributed by atoms with Crippen LogP contribution in [0.25, 0.3) is 11.3 Å². The first kappa shape index (κ1) is 9.86. The van der Waals surface area contributed by atoms with E-state index in [9.17, 15) is 0 Å². The van der Waals surface area contributed by atoms with Crippen molar-refractivity contribution in [3.8, 4) is 17.0 Å². The smallest absolute Gasteiger partial charge is 0.159 e. The molecule has 0 saturated carbocycles. The van der Waals surface area contributed by atoms with Gasteiger partial charge in [0.15, 0.2) is 5.15 Å². The molecule has 0 amide bonds. The standard InChI is InChI=1S/C10H8ClN3O/c1-15-8-4-2-7(3-5-8)9-10(11)12-6-13-14-9/h2-6H,1H3. The van der Waals surface area contributed by atoms with Gasteiger partial charge >= 0.3 is 0 Å². The van der Waals surface area contributed by atoms with E-state index in [1.54, 1.807) is 7.11 Å². The molecule has 0 N–H and O–H groups in total. The normalized spacial score (nSPS) is 10.0. The summed E-state index contributed by atoms with van der Waals surface area (Å²) in [5, 5.41) is 7.95. The molecule has 2 aromatic rings. The Balaban J connectivity index is 2.42. The molecule has 2 rings (SSSR count). The predicted molar refractivity (Wildman–Crippen MR) is 56.8 cm³/mol. The van der Waals surface area contributed by atoms with E-state index >= 15 is 0 Å². The van der Waals surface area contributed by atoms with Gasteiger partial charge in [-0.3, -0.25) is 0 Å². The summed E-state index contributed by atoms with van der Waals surface area (Å²) in [5.74, 6) is 0.784. The molecule has 0 spiro atoms. The third kappa shape index (κ3) is 2.05. The lowest BCUT2D eigenvalue weighted by atomic mass is 10.1. The summed E-state index contributed by atoms with van der Waals surface area (Å²) in [6, 6.07) is 7.38. The summed E-state index contributed by atoms with van der Waals surface area (Å²) >= 11 is 5.89. The van der Waals surface area contributed by atoms with Crippen LogP contribution in [0.2, 0.25) is 5.15 Å². The molecule has 1 aromatic carbocycles. The zero-order valence-electron chi connectivity index (χ0n) is 8.01. The molecule has 0 atom stereocenters. The fourth-order valence-corrected chi connectivity index (χ4v) is 1.38. The highest BCUT2D eigenvalue weighted by molar-refractivity contribution is 6.31. The van der Waals surface area contributed by atoms with Crippen LogP contribution >= 0.6 is 11.6 Å². The Morgan fingerprint density at radius 2 is 1.93 bits per heavy atom. The Hall–Kier alpha value is -1.68. The first-order valence-electron chi connectivity index (χ1n) is 4.29. The Kier molecular flexibility index (Phi) is 2.78. The van der Waals surface area contributed by atoms with Gasteiger partial charge < -0.3 is 4.74 Å². The van der Waals surface area contributed by atoms with Crippen LogP contribution in [0.1, 0.15) is 0 Å². The van der Waals surface area contributed by atoms with E-state index in [2.05, 4.69) is 15.2 Å². The van der Waals surface area contributed by atoms with Gasteiger partial charge in [-0.1, -0.05) is 11.6 Å². The summed E-state index contributed by atoms with van der Waals surface area (Å²) in [7, 11) is 1.62. The Morgan fingerprint density at radius 3 is 2.53 bits per heavy atom. The molecule has 0 radical (unpaired) electrons. The molecule has 0 saturated heterocycles. The van der Waals surface area contributed by atoms with Gasteiger partial charge in [-0.15, -0.1) is 10.2 Å². The monoisotopic (exact) mass is 221 g/mol. The average Bonchev–Trinajstić information content (AvgIpc) is 2.30. The minimum atomic E-state index is 0.343. The van der Waals surface area contributed by atoms with E-state index in [1.165, 1.54) is 6.33 Å². The molecule has 1 aromatic heterocycles. The molecule has 0 aliphatic carbocycles. The van der Waals surface area contributed by atoms with Crippen LogP contribution in [0.4, 0.5) is 0 Å². The van der Waals surface area contributed by atoms with Gasteiger partial charge in [0.05, 0.1) is 7.11 Å². The molecule has 5 heteroatoms. The summed E-state index contributed by atoms with van der Waals surface area (Å²) < 4.78 is 5.05. The number of hydrogen-bond donors (Lipinski definition) is 0. The van der Waals surface area contributed by atoms with Gasteiger partial charge in [0.1, 0.15) is 17.8 Å². The summed E-state index contributed by atoms with van der Waals surface area (Å²) in [6.45, 7) is 0. The minimum Gasteiger partial charge on any atom is -0.497 e. The van der Waals surface area contributed by atoms with Crippen LogP contribution in [0, 0.1) is 0 Å². The molecule has 0 fully saturated rings. The SMILES string of the molecule is COc1ccc(-c2nncnc2Cl)cc1. The quantitative estimate of drug-likeness (QED) is 0.780. The zero-order chi connectivity index (χ0) is 10.7. The van der Waals surface area contributed by atoms with Gasteiger partial charge in [-0.25, -0.2) is 4.98 Å². The number of nitrogens with zero attached hydrogens (tertiary/aromatic N) is 3. The Morgan fingerprint density at radius 1 is 1.20 bits per heavy atom. The fraction of sp³-hybridized carbons (Fsp3) is 0.100. The van der Waals surface area contributed by atoms with Gasteiger partial charge in [0.25, 0.3) is 0 Å². The third-order valence-corrected chi connectivity index (χ3v) is 2.22. The van der Waals surface area contributed by atoms with Crippen molar-refractivity contribution in [3.63, 3.8) is 0 Å². The Labute approximate surface area is 91.9 Å². The number of benzene rings is 1. The molecule has 4 nitrogen and oxygen atoms in total. The molecule has 0 unspecified atom stereocenters. The minimum absolute atomic E-state index is 0.343. The van der Waals surface area contributed by atoms with Crippen molar-refractivity contribution in [1.29, 1.82) is 0 Å². The van der Waals surface area contributed by atoms with Crippen molar-refractivity contribution >= 4 is 11.6 Å². The van der Waals surface area contributed by atoms with Gasteiger partial charge in [-0.2, -0.15) is 0 Å². The molecule has 0 bridgehead atoms. The number of rotatable bonds is 2. The largest absolute Gasteiger partial charge is 0.497 e. The van der Waals surface area contributed by atoms with Crippen molar-refractivity contribution in [2.45, 2.75) is 0 Å². The third-order valence-electron chi connectivity index (χ3n) is 1.94. The number of halogens is 1. The molecule has 1 heterocycles. The topological polar surface area (TPSA) is 47.9 Å². The van der Waals surface area contributed by atoms with E-state index in [0.717, 1.165) is 11.3 Å². The lowest BCUT2D eigenvalue weighted by molar-refractivity contribution is 0.415. The molecule has 15 heavy (non-hydrogen) atoms. The number of methoxy groups -OCH3 is 1. The second kappa shape index (κ2) is 4.23. The van der Waals surface area contributed by atoms with Crippen molar-refractivity contribution in [1.82, 2.24) is 15.2 Å². The van der Waals surface area contributed by atoms with Crippen molar-refractivity contribution in [2.75, 3.05) is 7.11 Å². The van der Waals surface area contributed by atoms with E-state index in [1.807, 2.05) is 24.3 Å². The first-order chi connectivity index (χ1) is 7.31. The molecule has 76 valence electrons. The first-order valence-corrected chi connectivity index (χ1v) is 4.66. The maximum absolute atomic E-state index is 5.89. The maximum atomic E-state index is 5.89. The summed E-state index contributed by atoms with van der Waals surface area (Å²) in [4.78, 5) is 3.86. The maximum Gasteiger partial charge on any atom is 0.159 e. The van der Waals surface area contributed by atoms with Crippen LogP contribution in [0.3, 0.4) is 0 Å². The lowest BCUT2D eigenvalue weighted by Gasteiger charge is -2.02. The van der Waals surface area contributed by atoms with E-state index in [-0.39, 0.29) is 0 Å². The second-order valence-electron chi connectivity index (χ2n) is 2.83. The second-order valence-corrected chi connectivity index (χ2v) is 3.19. The van der Waals surface area contributed by atoms with Gasteiger partial charge in [0.2, 0.25) is 0 Å². The highest BCUT2D eigenvalue weighted by Gasteiger charge is 2.05. The van der Waals surface area contributed by atoms with Crippen LogP contribution < -0.4 is 4.74 Å². The van der Waals surface area contributed by atoms with Gasteiger partial charge in [0, 0.05) is 5.56 Å². The predicted octanol–water partition coefficient (Wildman–Crippen LogP) is 2.20. The molecular formula is C10H8ClN3O. The average molecular weight is 222 g/mol. The van der Waals surface area contributed by atoms with Crippen LogP contribution in [-0.2, 0) is 0 Å². The van der Waals surface area contributed by atoms with Crippen LogP contribution in [-0.4, -0.2) is 22.3 Å². The number of aromatic nitrogens is 3. The zero-order valence-corrected chi connectivity index (χ0v) is 8.77.